The van der Waals surface area contributed by atoms with Gasteiger partial charge >= 0.3 is 5.97 Å². The minimum absolute atomic E-state index is 0.214. The third kappa shape index (κ3) is 4.87. The van der Waals surface area contributed by atoms with E-state index in [0.717, 1.165) is 30.5 Å². The van der Waals surface area contributed by atoms with Gasteiger partial charge in [0.05, 0.1) is 12.2 Å². The molecule has 0 aliphatic heterocycles. The monoisotopic (exact) mass is 338 g/mol. The molecule has 3 rings (SSSR count). The second-order valence-corrected chi connectivity index (χ2v) is 6.11. The van der Waals surface area contributed by atoms with E-state index in [1.165, 1.54) is 5.56 Å². The standard InChI is InChI=1S/C19H22N4O2/c24-19(25)12-6-7-13-22(14-16-8-2-1-3-9-16)15-23-18-11-5-4-10-17(18)20-21-23/h1-5,8-11H,6-7,12-15H2,(H,24,25). The van der Waals surface area contributed by atoms with Crippen LogP contribution in [0.3, 0.4) is 0 Å². The largest absolute Gasteiger partial charge is 0.481 e. The Bertz CT molecular complexity index is 816. The summed E-state index contributed by atoms with van der Waals surface area (Å²) in [7, 11) is 0. The predicted molar refractivity (Wildman–Crippen MR) is 95.9 cm³/mol. The van der Waals surface area contributed by atoms with Gasteiger partial charge in [0.1, 0.15) is 5.52 Å². The predicted octanol–water partition coefficient (Wildman–Crippen LogP) is 3.15. The lowest BCUT2D eigenvalue weighted by molar-refractivity contribution is -0.137. The van der Waals surface area contributed by atoms with Crippen molar-refractivity contribution in [1.82, 2.24) is 19.9 Å². The molecule has 1 aromatic heterocycles. The maximum absolute atomic E-state index is 10.7. The number of unbranched alkanes of at least 4 members (excludes halogenated alkanes) is 1. The van der Waals surface area contributed by atoms with Crippen molar-refractivity contribution in [2.75, 3.05) is 6.54 Å². The number of hydrogen-bond acceptors (Lipinski definition) is 4. The molecule has 0 fully saturated rings. The summed E-state index contributed by atoms with van der Waals surface area (Å²) >= 11 is 0. The highest BCUT2D eigenvalue weighted by Gasteiger charge is 2.11. The summed E-state index contributed by atoms with van der Waals surface area (Å²) in [6.45, 7) is 2.24. The van der Waals surface area contributed by atoms with Crippen LogP contribution in [0.4, 0.5) is 0 Å². The second-order valence-electron chi connectivity index (χ2n) is 6.11. The van der Waals surface area contributed by atoms with Crippen molar-refractivity contribution in [3.05, 3.63) is 60.2 Å². The fraction of sp³-hybridized carbons (Fsp3) is 0.316. The molecule has 3 aromatic rings. The van der Waals surface area contributed by atoms with Crippen LogP contribution in [0.25, 0.3) is 11.0 Å². The zero-order valence-electron chi connectivity index (χ0n) is 14.1. The van der Waals surface area contributed by atoms with E-state index < -0.39 is 5.97 Å². The Morgan fingerprint density at radius 3 is 2.60 bits per heavy atom. The zero-order valence-corrected chi connectivity index (χ0v) is 14.1. The molecule has 0 atom stereocenters. The second kappa shape index (κ2) is 8.39. The molecular formula is C19H22N4O2. The van der Waals surface area contributed by atoms with Crippen LogP contribution in [0.5, 0.6) is 0 Å². The lowest BCUT2D eigenvalue weighted by Gasteiger charge is -2.22. The Kier molecular flexibility index (Phi) is 5.74. The first-order chi connectivity index (χ1) is 12.2. The third-order valence-electron chi connectivity index (χ3n) is 4.12. The van der Waals surface area contributed by atoms with Gasteiger partial charge in [-0.3, -0.25) is 9.69 Å². The minimum Gasteiger partial charge on any atom is -0.481 e. The molecule has 0 unspecified atom stereocenters. The Hall–Kier alpha value is -2.73. The molecule has 130 valence electrons. The number of aliphatic carboxylic acids is 1. The molecule has 25 heavy (non-hydrogen) atoms. The van der Waals surface area contributed by atoms with Crippen LogP contribution in [0.1, 0.15) is 24.8 Å². The average Bonchev–Trinajstić information content (AvgIpc) is 3.02. The third-order valence-corrected chi connectivity index (χ3v) is 4.12. The maximum Gasteiger partial charge on any atom is 0.303 e. The lowest BCUT2D eigenvalue weighted by atomic mass is 10.2. The lowest BCUT2D eigenvalue weighted by Crippen LogP contribution is -2.28. The van der Waals surface area contributed by atoms with Gasteiger partial charge in [0.15, 0.2) is 0 Å². The number of benzene rings is 2. The van der Waals surface area contributed by atoms with Crippen molar-refractivity contribution in [3.8, 4) is 0 Å². The number of rotatable bonds is 9. The number of hydrogen-bond donors (Lipinski definition) is 1. The number of para-hydroxylation sites is 1. The van der Waals surface area contributed by atoms with E-state index in [-0.39, 0.29) is 6.42 Å². The molecule has 0 bridgehead atoms. The Balaban J connectivity index is 1.69. The topological polar surface area (TPSA) is 71.2 Å². The highest BCUT2D eigenvalue weighted by molar-refractivity contribution is 5.73. The Morgan fingerprint density at radius 1 is 1.04 bits per heavy atom. The first-order valence-corrected chi connectivity index (χ1v) is 8.48. The summed E-state index contributed by atoms with van der Waals surface area (Å²) in [5.41, 5.74) is 3.12. The molecule has 0 radical (unpaired) electrons. The van der Waals surface area contributed by atoms with E-state index in [0.29, 0.717) is 13.1 Å². The molecule has 0 spiro atoms. The van der Waals surface area contributed by atoms with Gasteiger partial charge in [-0.15, -0.1) is 5.10 Å². The summed E-state index contributed by atoms with van der Waals surface area (Å²) < 4.78 is 1.90. The Morgan fingerprint density at radius 2 is 1.80 bits per heavy atom. The fourth-order valence-corrected chi connectivity index (χ4v) is 2.86. The van der Waals surface area contributed by atoms with Gasteiger partial charge in [0.25, 0.3) is 0 Å². The van der Waals surface area contributed by atoms with Gasteiger partial charge in [-0.25, -0.2) is 4.68 Å². The number of nitrogens with zero attached hydrogens (tertiary/aromatic N) is 4. The molecule has 2 aromatic carbocycles. The van der Waals surface area contributed by atoms with Gasteiger partial charge in [-0.05, 0) is 30.5 Å². The zero-order chi connectivity index (χ0) is 17.5. The average molecular weight is 338 g/mol. The molecule has 0 amide bonds. The summed E-state index contributed by atoms with van der Waals surface area (Å²) in [5, 5.41) is 17.3. The number of fused-ring (bicyclic) bond motifs is 1. The first-order valence-electron chi connectivity index (χ1n) is 8.48. The highest BCUT2D eigenvalue weighted by Crippen LogP contribution is 2.13. The van der Waals surface area contributed by atoms with Crippen LogP contribution >= 0.6 is 0 Å². The molecule has 0 saturated carbocycles. The van der Waals surface area contributed by atoms with Crippen molar-refractivity contribution >= 4 is 17.0 Å². The quantitative estimate of drug-likeness (QED) is 0.607. The summed E-state index contributed by atoms with van der Waals surface area (Å²) in [5.74, 6) is -0.739. The van der Waals surface area contributed by atoms with Crippen LogP contribution in [-0.4, -0.2) is 37.5 Å². The number of carboxylic acid groups (broad SMARTS) is 1. The smallest absolute Gasteiger partial charge is 0.303 e. The summed E-state index contributed by atoms with van der Waals surface area (Å²) in [4.78, 5) is 13.0. The van der Waals surface area contributed by atoms with E-state index in [4.69, 9.17) is 5.11 Å². The van der Waals surface area contributed by atoms with Gasteiger partial charge in [-0.2, -0.15) is 0 Å². The van der Waals surface area contributed by atoms with E-state index >= 15 is 0 Å². The van der Waals surface area contributed by atoms with Crippen LogP contribution in [0.2, 0.25) is 0 Å². The molecular weight excluding hydrogens is 316 g/mol. The van der Waals surface area contributed by atoms with Gasteiger partial charge < -0.3 is 5.11 Å². The van der Waals surface area contributed by atoms with Crippen LogP contribution in [-0.2, 0) is 18.0 Å². The van der Waals surface area contributed by atoms with Crippen LogP contribution in [0.15, 0.2) is 54.6 Å². The van der Waals surface area contributed by atoms with Crippen molar-refractivity contribution in [2.24, 2.45) is 0 Å². The normalized spacial score (nSPS) is 11.2. The fourth-order valence-electron chi connectivity index (χ4n) is 2.86. The van der Waals surface area contributed by atoms with Crippen LogP contribution < -0.4 is 0 Å². The van der Waals surface area contributed by atoms with Crippen molar-refractivity contribution in [1.29, 1.82) is 0 Å². The van der Waals surface area contributed by atoms with Crippen molar-refractivity contribution in [2.45, 2.75) is 32.5 Å². The summed E-state index contributed by atoms with van der Waals surface area (Å²) in [6.07, 6.45) is 1.73. The van der Waals surface area contributed by atoms with Crippen LogP contribution in [0, 0.1) is 0 Å². The van der Waals surface area contributed by atoms with Gasteiger partial charge in [0, 0.05) is 19.5 Å². The van der Waals surface area contributed by atoms with E-state index in [1.807, 2.05) is 47.1 Å². The molecule has 1 heterocycles. The molecule has 0 aliphatic carbocycles. The molecule has 0 aliphatic rings. The SMILES string of the molecule is O=C(O)CCCCN(Cc1ccccc1)Cn1nnc2ccccc21. The van der Waals surface area contributed by atoms with Gasteiger partial charge in [-0.1, -0.05) is 47.7 Å². The molecule has 1 N–H and O–H groups in total. The minimum atomic E-state index is -0.739. The van der Waals surface area contributed by atoms with E-state index in [9.17, 15) is 4.79 Å². The Labute approximate surface area is 146 Å². The number of carbonyl (C=O) groups is 1. The molecule has 0 saturated heterocycles. The molecule has 6 heteroatoms. The van der Waals surface area contributed by atoms with E-state index in [1.54, 1.807) is 0 Å². The van der Waals surface area contributed by atoms with Crippen molar-refractivity contribution in [3.63, 3.8) is 0 Å². The maximum atomic E-state index is 10.7. The number of carboxylic acids is 1. The summed E-state index contributed by atoms with van der Waals surface area (Å²) in [6, 6.07) is 18.2. The molecule has 6 nitrogen and oxygen atoms in total. The highest BCUT2D eigenvalue weighted by atomic mass is 16.4. The first kappa shape index (κ1) is 17.1. The van der Waals surface area contributed by atoms with Gasteiger partial charge in [0.2, 0.25) is 0 Å². The van der Waals surface area contributed by atoms with E-state index in [2.05, 4.69) is 27.3 Å². The van der Waals surface area contributed by atoms with Crippen molar-refractivity contribution < 1.29 is 9.90 Å². The number of aromatic nitrogens is 3.